The molecule has 1 aliphatic carbocycles. The fourth-order valence-corrected chi connectivity index (χ4v) is 3.15. The molecule has 0 aliphatic heterocycles. The predicted molar refractivity (Wildman–Crippen MR) is 67.7 cm³/mol. The smallest absolute Gasteiger partial charge is 0.142 e. The van der Waals surface area contributed by atoms with E-state index in [1.165, 1.54) is 6.07 Å². The van der Waals surface area contributed by atoms with E-state index in [1.54, 1.807) is 12.1 Å². The largest absolute Gasteiger partial charge is 0.389 e. The Morgan fingerprint density at radius 2 is 2.29 bits per heavy atom. The molecule has 94 valence electrons. The maximum absolute atomic E-state index is 13.3. The van der Waals surface area contributed by atoms with Crippen molar-refractivity contribution in [2.75, 3.05) is 0 Å². The van der Waals surface area contributed by atoms with E-state index < -0.39 is 11.4 Å². The average molecular weight is 257 g/mol. The zero-order valence-corrected chi connectivity index (χ0v) is 10.8. The molecule has 2 unspecified atom stereocenters. The third kappa shape index (κ3) is 2.48. The fourth-order valence-electron chi connectivity index (χ4n) is 2.96. The van der Waals surface area contributed by atoms with E-state index >= 15 is 0 Å². The highest BCUT2D eigenvalue weighted by Crippen LogP contribution is 2.41. The SMILES string of the molecule is CCC1CCCC1(O)Cc1cccc(F)c1Cl. The van der Waals surface area contributed by atoms with E-state index in [2.05, 4.69) is 6.92 Å². The van der Waals surface area contributed by atoms with Crippen molar-refractivity contribution in [3.63, 3.8) is 0 Å². The van der Waals surface area contributed by atoms with Gasteiger partial charge in [0.15, 0.2) is 0 Å². The molecule has 2 rings (SSSR count). The minimum atomic E-state index is -0.702. The number of hydrogen-bond donors (Lipinski definition) is 1. The number of rotatable bonds is 3. The number of hydrogen-bond acceptors (Lipinski definition) is 1. The van der Waals surface area contributed by atoms with Gasteiger partial charge in [-0.1, -0.05) is 43.5 Å². The first-order valence-corrected chi connectivity index (χ1v) is 6.60. The third-order valence-electron chi connectivity index (χ3n) is 3.94. The average Bonchev–Trinajstić information content (AvgIpc) is 2.66. The van der Waals surface area contributed by atoms with Crippen molar-refractivity contribution in [1.82, 2.24) is 0 Å². The quantitative estimate of drug-likeness (QED) is 0.868. The molecule has 0 radical (unpaired) electrons. The van der Waals surface area contributed by atoms with Crippen molar-refractivity contribution < 1.29 is 9.50 Å². The summed E-state index contributed by atoms with van der Waals surface area (Å²) in [6, 6.07) is 4.80. The Hall–Kier alpha value is -0.600. The van der Waals surface area contributed by atoms with E-state index in [9.17, 15) is 9.50 Å². The highest BCUT2D eigenvalue weighted by atomic mass is 35.5. The van der Waals surface area contributed by atoms with Crippen molar-refractivity contribution in [3.8, 4) is 0 Å². The van der Waals surface area contributed by atoms with Crippen LogP contribution in [0.15, 0.2) is 18.2 Å². The van der Waals surface area contributed by atoms with Crippen LogP contribution in [-0.2, 0) is 6.42 Å². The second kappa shape index (κ2) is 4.95. The van der Waals surface area contributed by atoms with Gasteiger partial charge in [-0.25, -0.2) is 4.39 Å². The molecule has 0 aromatic heterocycles. The Labute approximate surface area is 107 Å². The zero-order chi connectivity index (χ0) is 12.5. The molecule has 1 saturated carbocycles. The molecule has 2 atom stereocenters. The van der Waals surface area contributed by atoms with Crippen LogP contribution in [0.1, 0.15) is 38.2 Å². The molecule has 1 fully saturated rings. The van der Waals surface area contributed by atoms with Crippen LogP contribution in [0.2, 0.25) is 5.02 Å². The summed E-state index contributed by atoms with van der Waals surface area (Å²) in [6.45, 7) is 2.09. The van der Waals surface area contributed by atoms with Crippen LogP contribution in [0.3, 0.4) is 0 Å². The van der Waals surface area contributed by atoms with Gasteiger partial charge in [-0.3, -0.25) is 0 Å². The fraction of sp³-hybridized carbons (Fsp3) is 0.571. The highest BCUT2D eigenvalue weighted by Gasteiger charge is 2.40. The Bertz CT molecular complexity index is 407. The van der Waals surface area contributed by atoms with Gasteiger partial charge in [0.2, 0.25) is 0 Å². The molecular formula is C14H18ClFO. The lowest BCUT2D eigenvalue weighted by molar-refractivity contribution is 0.00144. The summed E-state index contributed by atoms with van der Waals surface area (Å²) in [6.07, 6.45) is 4.31. The second-order valence-electron chi connectivity index (χ2n) is 4.99. The number of benzene rings is 1. The van der Waals surface area contributed by atoms with Gasteiger partial charge in [-0.2, -0.15) is 0 Å². The van der Waals surface area contributed by atoms with Gasteiger partial charge in [0.25, 0.3) is 0 Å². The molecule has 0 heterocycles. The Morgan fingerprint density at radius 1 is 1.53 bits per heavy atom. The van der Waals surface area contributed by atoms with Crippen LogP contribution in [0, 0.1) is 11.7 Å². The molecule has 1 aromatic rings. The molecule has 1 aromatic carbocycles. The first kappa shape index (κ1) is 12.8. The Kier molecular flexibility index (Phi) is 3.74. The van der Waals surface area contributed by atoms with Crippen molar-refractivity contribution in [1.29, 1.82) is 0 Å². The Balaban J connectivity index is 2.23. The van der Waals surface area contributed by atoms with Crippen molar-refractivity contribution in [3.05, 3.63) is 34.6 Å². The van der Waals surface area contributed by atoms with Gasteiger partial charge in [0.1, 0.15) is 5.82 Å². The molecule has 0 spiro atoms. The lowest BCUT2D eigenvalue weighted by Gasteiger charge is -2.30. The van der Waals surface area contributed by atoms with Crippen molar-refractivity contribution in [2.24, 2.45) is 5.92 Å². The van der Waals surface area contributed by atoms with Gasteiger partial charge in [-0.15, -0.1) is 0 Å². The molecule has 1 aliphatic rings. The van der Waals surface area contributed by atoms with E-state index in [4.69, 9.17) is 11.6 Å². The number of aliphatic hydroxyl groups is 1. The van der Waals surface area contributed by atoms with Crippen LogP contribution >= 0.6 is 11.6 Å². The summed E-state index contributed by atoms with van der Waals surface area (Å²) in [4.78, 5) is 0. The minimum absolute atomic E-state index is 0.155. The first-order valence-electron chi connectivity index (χ1n) is 6.22. The maximum Gasteiger partial charge on any atom is 0.142 e. The van der Waals surface area contributed by atoms with Crippen LogP contribution < -0.4 is 0 Å². The summed E-state index contributed by atoms with van der Waals surface area (Å²) in [5.41, 5.74) is 0.0149. The van der Waals surface area contributed by atoms with Gasteiger partial charge in [0.05, 0.1) is 10.6 Å². The summed E-state index contributed by atoms with van der Waals surface area (Å²) < 4.78 is 13.3. The topological polar surface area (TPSA) is 20.2 Å². The number of halogens is 2. The van der Waals surface area contributed by atoms with E-state index in [0.717, 1.165) is 31.2 Å². The second-order valence-corrected chi connectivity index (χ2v) is 5.37. The highest BCUT2D eigenvalue weighted by molar-refractivity contribution is 6.31. The van der Waals surface area contributed by atoms with Gasteiger partial charge >= 0.3 is 0 Å². The summed E-state index contributed by atoms with van der Waals surface area (Å²) >= 11 is 5.94. The normalized spacial score (nSPS) is 28.6. The van der Waals surface area contributed by atoms with Gasteiger partial charge in [0, 0.05) is 6.42 Å². The molecule has 17 heavy (non-hydrogen) atoms. The molecule has 3 heteroatoms. The zero-order valence-electron chi connectivity index (χ0n) is 10.0. The summed E-state index contributed by atoms with van der Waals surface area (Å²) in [7, 11) is 0. The lowest BCUT2D eigenvalue weighted by atomic mass is 9.83. The van der Waals surface area contributed by atoms with Gasteiger partial charge < -0.3 is 5.11 Å². The van der Waals surface area contributed by atoms with Crippen molar-refractivity contribution in [2.45, 2.75) is 44.6 Å². The minimum Gasteiger partial charge on any atom is -0.389 e. The molecule has 0 bridgehead atoms. The van der Waals surface area contributed by atoms with Crippen LogP contribution in [0.25, 0.3) is 0 Å². The standard InChI is InChI=1S/C14H18ClFO/c1-2-11-6-4-8-14(11,17)9-10-5-3-7-12(16)13(10)15/h3,5,7,11,17H,2,4,6,8-9H2,1H3. The predicted octanol–water partition coefficient (Wildman–Crippen LogP) is 3.96. The third-order valence-corrected chi connectivity index (χ3v) is 4.37. The maximum atomic E-state index is 13.3. The lowest BCUT2D eigenvalue weighted by Crippen LogP contribution is -2.35. The van der Waals surface area contributed by atoms with Crippen LogP contribution in [0.4, 0.5) is 4.39 Å². The molecule has 1 nitrogen and oxygen atoms in total. The first-order chi connectivity index (χ1) is 8.07. The van der Waals surface area contributed by atoms with Crippen LogP contribution in [-0.4, -0.2) is 10.7 Å². The van der Waals surface area contributed by atoms with E-state index in [-0.39, 0.29) is 5.02 Å². The van der Waals surface area contributed by atoms with Crippen LogP contribution in [0.5, 0.6) is 0 Å². The summed E-state index contributed by atoms with van der Waals surface area (Å²) in [5.74, 6) is -0.0966. The molecule has 1 N–H and O–H groups in total. The molecule has 0 amide bonds. The van der Waals surface area contributed by atoms with E-state index in [0.29, 0.717) is 12.3 Å². The monoisotopic (exact) mass is 256 g/mol. The van der Waals surface area contributed by atoms with Gasteiger partial charge in [-0.05, 0) is 30.4 Å². The Morgan fingerprint density at radius 3 is 3.00 bits per heavy atom. The summed E-state index contributed by atoms with van der Waals surface area (Å²) in [5, 5.41) is 10.8. The van der Waals surface area contributed by atoms with Crippen molar-refractivity contribution >= 4 is 11.6 Å². The van der Waals surface area contributed by atoms with E-state index in [1.807, 2.05) is 0 Å². The molecule has 0 saturated heterocycles. The molecular weight excluding hydrogens is 239 g/mol.